The van der Waals surface area contributed by atoms with Crippen molar-refractivity contribution in [2.75, 3.05) is 33.3 Å². The van der Waals surface area contributed by atoms with E-state index < -0.39 is 5.91 Å². The molecule has 3 aromatic rings. The summed E-state index contributed by atoms with van der Waals surface area (Å²) in [7, 11) is 1.48. The first kappa shape index (κ1) is 25.4. The van der Waals surface area contributed by atoms with Crippen molar-refractivity contribution in [1.82, 2.24) is 24.8 Å². The fraction of sp³-hybridized carbons (Fsp3) is 0.433. The minimum Gasteiger partial charge on any atom is -0.481 e. The van der Waals surface area contributed by atoms with E-state index in [1.807, 2.05) is 24.1 Å². The maximum absolute atomic E-state index is 13.1. The second-order valence-electron chi connectivity index (χ2n) is 11.2. The first-order chi connectivity index (χ1) is 18.8. The second kappa shape index (κ2) is 10.0. The summed E-state index contributed by atoms with van der Waals surface area (Å²) in [4.78, 5) is 42.7. The number of piperidine rings is 1. The molecule has 2 N–H and O–H groups in total. The number of pyridine rings is 1. The molecule has 1 aromatic carbocycles. The van der Waals surface area contributed by atoms with Gasteiger partial charge < -0.3 is 15.4 Å². The monoisotopic (exact) mass is 526 g/mol. The molecule has 2 saturated heterocycles. The average Bonchev–Trinajstić information content (AvgIpc) is 3.35. The van der Waals surface area contributed by atoms with Gasteiger partial charge in [0.05, 0.1) is 13.5 Å². The number of hydrogen-bond acceptors (Lipinski definition) is 7. The van der Waals surface area contributed by atoms with Gasteiger partial charge in [0.15, 0.2) is 5.82 Å². The molecule has 4 heterocycles. The Balaban J connectivity index is 1.05. The maximum atomic E-state index is 13.1. The van der Waals surface area contributed by atoms with Crippen molar-refractivity contribution >= 4 is 11.8 Å². The summed E-state index contributed by atoms with van der Waals surface area (Å²) in [5, 5.41) is 0. The highest BCUT2D eigenvalue weighted by Crippen LogP contribution is 2.48. The summed E-state index contributed by atoms with van der Waals surface area (Å²) in [5.41, 5.74) is 11.6. The number of nitrogens with zero attached hydrogens (tertiary/aromatic N) is 5. The molecule has 2 aliphatic heterocycles. The number of rotatable bonds is 6. The van der Waals surface area contributed by atoms with Gasteiger partial charge in [0, 0.05) is 67.5 Å². The van der Waals surface area contributed by atoms with E-state index in [4.69, 9.17) is 10.5 Å². The molecule has 2 amide bonds. The first-order valence-corrected chi connectivity index (χ1v) is 13.6. The number of nitrogens with two attached hydrogens (primary N) is 1. The zero-order valence-corrected chi connectivity index (χ0v) is 22.5. The second-order valence-corrected chi connectivity index (χ2v) is 11.2. The number of carbonyl (C=O) groups is 2. The molecular formula is C30H34N6O3. The molecule has 39 heavy (non-hydrogen) atoms. The highest BCUT2D eigenvalue weighted by molar-refractivity contribution is 5.96. The number of aryl methyl sites for hydroxylation is 2. The number of benzene rings is 1. The van der Waals surface area contributed by atoms with Crippen LogP contribution in [-0.4, -0.2) is 69.9 Å². The quantitative estimate of drug-likeness (QED) is 0.525. The van der Waals surface area contributed by atoms with Crippen LogP contribution in [0.15, 0.2) is 42.7 Å². The Bertz CT molecular complexity index is 1420. The summed E-state index contributed by atoms with van der Waals surface area (Å²) >= 11 is 0. The van der Waals surface area contributed by atoms with Crippen molar-refractivity contribution in [2.45, 2.75) is 45.1 Å². The largest absolute Gasteiger partial charge is 0.481 e. The molecular weight excluding hydrogens is 492 g/mol. The van der Waals surface area contributed by atoms with E-state index in [-0.39, 0.29) is 23.3 Å². The van der Waals surface area contributed by atoms with Crippen molar-refractivity contribution in [3.8, 4) is 17.3 Å². The third-order valence-electron chi connectivity index (χ3n) is 8.71. The highest BCUT2D eigenvalue weighted by Gasteiger charge is 2.48. The number of ether oxygens (including phenoxy) is 1. The van der Waals surface area contributed by atoms with Crippen molar-refractivity contribution in [3.63, 3.8) is 0 Å². The summed E-state index contributed by atoms with van der Waals surface area (Å²) in [6.45, 7) is 5.63. The third-order valence-corrected chi connectivity index (χ3v) is 8.71. The lowest BCUT2D eigenvalue weighted by Crippen LogP contribution is -2.61. The molecule has 202 valence electrons. The third kappa shape index (κ3) is 4.87. The van der Waals surface area contributed by atoms with E-state index in [1.54, 1.807) is 0 Å². The molecule has 1 spiro atoms. The van der Waals surface area contributed by atoms with E-state index in [0.717, 1.165) is 68.9 Å². The molecule has 6 rings (SSSR count). The number of amides is 2. The van der Waals surface area contributed by atoms with Crippen LogP contribution in [0.1, 0.15) is 58.0 Å². The molecule has 1 aliphatic carbocycles. The molecule has 2 fully saturated rings. The maximum Gasteiger partial charge on any atom is 0.249 e. The molecule has 9 nitrogen and oxygen atoms in total. The van der Waals surface area contributed by atoms with Crippen LogP contribution < -0.4 is 10.5 Å². The van der Waals surface area contributed by atoms with Crippen LogP contribution in [0.4, 0.5) is 0 Å². The van der Waals surface area contributed by atoms with Crippen LogP contribution in [0.5, 0.6) is 5.88 Å². The summed E-state index contributed by atoms with van der Waals surface area (Å²) < 4.78 is 5.09. The highest BCUT2D eigenvalue weighted by atomic mass is 16.5. The van der Waals surface area contributed by atoms with Crippen molar-refractivity contribution in [2.24, 2.45) is 11.1 Å². The molecule has 9 heteroatoms. The van der Waals surface area contributed by atoms with E-state index in [1.165, 1.54) is 30.5 Å². The van der Waals surface area contributed by atoms with Gasteiger partial charge in [-0.3, -0.25) is 14.5 Å². The lowest BCUT2D eigenvalue weighted by Gasteiger charge is -2.56. The van der Waals surface area contributed by atoms with E-state index in [2.05, 4.69) is 38.1 Å². The zero-order valence-electron chi connectivity index (χ0n) is 22.5. The summed E-state index contributed by atoms with van der Waals surface area (Å²) in [5.74, 6) is 0.520. The number of carbonyl (C=O) groups excluding carboxylic acids is 2. The predicted octanol–water partition coefficient (Wildman–Crippen LogP) is 3.11. The Kier molecular flexibility index (Phi) is 6.54. The fourth-order valence-electron chi connectivity index (χ4n) is 6.50. The Morgan fingerprint density at radius 2 is 1.92 bits per heavy atom. The van der Waals surface area contributed by atoms with Gasteiger partial charge in [0.2, 0.25) is 17.7 Å². The Morgan fingerprint density at radius 1 is 1.13 bits per heavy atom. The van der Waals surface area contributed by atoms with Gasteiger partial charge in [-0.05, 0) is 66.8 Å². The Morgan fingerprint density at radius 3 is 2.64 bits per heavy atom. The molecule has 0 radical (unpaired) electrons. The minimum atomic E-state index is -0.584. The summed E-state index contributed by atoms with van der Waals surface area (Å²) in [6, 6.07) is 10.6. The number of primary amides is 1. The Labute approximate surface area is 228 Å². The van der Waals surface area contributed by atoms with Gasteiger partial charge in [-0.2, -0.15) is 0 Å². The molecule has 0 unspecified atom stereocenters. The van der Waals surface area contributed by atoms with Crippen molar-refractivity contribution in [3.05, 3.63) is 70.7 Å². The predicted molar refractivity (Wildman–Crippen MR) is 146 cm³/mol. The van der Waals surface area contributed by atoms with E-state index >= 15 is 0 Å². The number of likely N-dealkylation sites (tertiary alicyclic amines) is 2. The van der Waals surface area contributed by atoms with Gasteiger partial charge in [-0.15, -0.1) is 0 Å². The van der Waals surface area contributed by atoms with Crippen LogP contribution in [0.2, 0.25) is 0 Å². The standard InChI is InChI=1S/C30H34N6O3/c1-19-7-10-32-29(34-19)21-3-5-23-20(13-21)4-6-25(23)36-17-30(18-36)8-11-35(12-9-30)27(37)14-22-16-33-26(39-2)15-24(22)28(31)38/h3,5,7,10,13,15-16,25H,4,6,8-9,11-12,14,17-18H2,1-2H3,(H2,31,38)/t25-/m1/s1. The van der Waals surface area contributed by atoms with Gasteiger partial charge in [0.1, 0.15) is 0 Å². The molecule has 2 aromatic heterocycles. The van der Waals surface area contributed by atoms with E-state index in [0.29, 0.717) is 17.5 Å². The fourth-order valence-corrected chi connectivity index (χ4v) is 6.50. The van der Waals surface area contributed by atoms with Gasteiger partial charge in [0.25, 0.3) is 0 Å². The van der Waals surface area contributed by atoms with Crippen LogP contribution in [0.3, 0.4) is 0 Å². The van der Waals surface area contributed by atoms with E-state index in [9.17, 15) is 9.59 Å². The van der Waals surface area contributed by atoms with Crippen molar-refractivity contribution in [1.29, 1.82) is 0 Å². The summed E-state index contributed by atoms with van der Waals surface area (Å²) in [6.07, 6.45) is 7.68. The van der Waals surface area contributed by atoms with Gasteiger partial charge in [-0.25, -0.2) is 15.0 Å². The molecule has 0 bridgehead atoms. The van der Waals surface area contributed by atoms with Crippen LogP contribution in [0.25, 0.3) is 11.4 Å². The Hall–Kier alpha value is -3.85. The van der Waals surface area contributed by atoms with Crippen molar-refractivity contribution < 1.29 is 14.3 Å². The van der Waals surface area contributed by atoms with Gasteiger partial charge in [-0.1, -0.05) is 12.1 Å². The molecule has 1 atom stereocenters. The van der Waals surface area contributed by atoms with Crippen LogP contribution in [-0.2, 0) is 17.6 Å². The number of methoxy groups -OCH3 is 1. The lowest BCUT2D eigenvalue weighted by atomic mass is 9.71. The minimum absolute atomic E-state index is 0.00797. The average molecular weight is 527 g/mol. The number of hydrogen-bond donors (Lipinski definition) is 1. The lowest BCUT2D eigenvalue weighted by molar-refractivity contribution is -0.136. The molecule has 0 saturated carbocycles. The number of fused-ring (bicyclic) bond motifs is 1. The SMILES string of the molecule is COc1cc(C(N)=O)c(CC(=O)N2CCC3(CC2)CN([C@@H]2CCc4cc(-c5nccc(C)n5)ccc42)C3)cn1. The zero-order chi connectivity index (χ0) is 27.1. The topological polar surface area (TPSA) is 115 Å². The van der Waals surface area contributed by atoms with Crippen LogP contribution >= 0.6 is 0 Å². The molecule has 3 aliphatic rings. The normalized spacial score (nSPS) is 19.9. The van der Waals surface area contributed by atoms with Gasteiger partial charge >= 0.3 is 0 Å². The van der Waals surface area contributed by atoms with Crippen LogP contribution in [0, 0.1) is 12.3 Å². The number of aromatic nitrogens is 3. The smallest absolute Gasteiger partial charge is 0.249 e. The first-order valence-electron chi connectivity index (χ1n) is 13.6.